The lowest BCUT2D eigenvalue weighted by Gasteiger charge is -2.16. The molecule has 1 atom stereocenters. The third-order valence-electron chi connectivity index (χ3n) is 2.70. The first-order chi connectivity index (χ1) is 6.77. The zero-order chi connectivity index (χ0) is 10.4. The molecule has 0 aromatic carbocycles. The fraction of sp³-hybridized carbons (Fsp3) is 0.615. The molecular weight excluding hydrogens is 170 g/mol. The van der Waals surface area contributed by atoms with Crippen molar-refractivity contribution in [3.63, 3.8) is 0 Å². The molecule has 1 nitrogen and oxygen atoms in total. The lowest BCUT2D eigenvalue weighted by Crippen LogP contribution is -2.01. The molecule has 0 saturated heterocycles. The van der Waals surface area contributed by atoms with E-state index in [1.54, 1.807) is 0 Å². The Morgan fingerprint density at radius 2 is 2.29 bits per heavy atom. The Morgan fingerprint density at radius 1 is 1.50 bits per heavy atom. The Labute approximate surface area is 87.6 Å². The van der Waals surface area contributed by atoms with Gasteiger partial charge in [-0.2, -0.15) is 0 Å². The van der Waals surface area contributed by atoms with Gasteiger partial charge in [-0.3, -0.25) is 4.99 Å². The molecule has 1 heteroatoms. The molecule has 1 aliphatic rings. The zero-order valence-corrected chi connectivity index (χ0v) is 9.59. The summed E-state index contributed by atoms with van der Waals surface area (Å²) in [6.07, 6.45) is 11.2. The number of hydrogen-bond donors (Lipinski definition) is 0. The molecule has 0 amide bonds. The summed E-state index contributed by atoms with van der Waals surface area (Å²) in [6, 6.07) is 0. The summed E-state index contributed by atoms with van der Waals surface area (Å²) in [5.41, 5.74) is 2.62. The predicted octanol–water partition coefficient (Wildman–Crippen LogP) is 4.12. The van der Waals surface area contributed by atoms with E-state index in [2.05, 4.69) is 37.9 Å². The third-order valence-corrected chi connectivity index (χ3v) is 2.70. The molecule has 0 fully saturated rings. The normalized spacial score (nSPS) is 22.4. The van der Waals surface area contributed by atoms with Gasteiger partial charge in [0.15, 0.2) is 0 Å². The van der Waals surface area contributed by atoms with Crippen LogP contribution in [0.25, 0.3) is 0 Å². The molecule has 0 N–H and O–H groups in total. The van der Waals surface area contributed by atoms with Crippen LogP contribution in [0.3, 0.4) is 0 Å². The summed E-state index contributed by atoms with van der Waals surface area (Å²) in [6.45, 7) is 6.62. The Bertz CT molecular complexity index is 254. The SMILES string of the molecule is CCCC=NC1=C(C)CC(CC)C=C1. The standard InChI is InChI=1S/C13H21N/c1-4-6-9-14-13-8-7-12(5-2)10-11(13)3/h7-9,12H,4-6,10H2,1-3H3. The molecular formula is C13H21N. The molecule has 0 aromatic heterocycles. The second kappa shape index (κ2) is 5.79. The van der Waals surface area contributed by atoms with Gasteiger partial charge in [0.2, 0.25) is 0 Å². The average Bonchev–Trinajstić information content (AvgIpc) is 2.20. The summed E-state index contributed by atoms with van der Waals surface area (Å²) < 4.78 is 0. The second-order valence-electron chi connectivity index (χ2n) is 4.00. The number of unbranched alkanes of at least 4 members (excludes halogenated alkanes) is 1. The van der Waals surface area contributed by atoms with Crippen LogP contribution in [0.4, 0.5) is 0 Å². The lowest BCUT2D eigenvalue weighted by molar-refractivity contribution is 0.609. The summed E-state index contributed by atoms with van der Waals surface area (Å²) >= 11 is 0. The van der Waals surface area contributed by atoms with E-state index in [0.717, 1.165) is 12.3 Å². The summed E-state index contributed by atoms with van der Waals surface area (Å²) in [5, 5.41) is 0. The quantitative estimate of drug-likeness (QED) is 0.593. The van der Waals surface area contributed by atoms with Crippen molar-refractivity contribution in [1.29, 1.82) is 0 Å². The van der Waals surface area contributed by atoms with Gasteiger partial charge in [0.05, 0.1) is 5.70 Å². The monoisotopic (exact) mass is 191 g/mol. The molecule has 0 aromatic rings. The highest BCUT2D eigenvalue weighted by Gasteiger charge is 2.10. The fourth-order valence-electron chi connectivity index (χ4n) is 1.66. The van der Waals surface area contributed by atoms with Gasteiger partial charge in [-0.05, 0) is 43.8 Å². The number of rotatable bonds is 4. The molecule has 0 bridgehead atoms. The van der Waals surface area contributed by atoms with Gasteiger partial charge in [0, 0.05) is 6.21 Å². The topological polar surface area (TPSA) is 12.4 Å². The van der Waals surface area contributed by atoms with E-state index in [0.29, 0.717) is 0 Å². The van der Waals surface area contributed by atoms with Crippen LogP contribution in [-0.4, -0.2) is 6.21 Å². The highest BCUT2D eigenvalue weighted by molar-refractivity contribution is 5.60. The van der Waals surface area contributed by atoms with E-state index in [9.17, 15) is 0 Å². The van der Waals surface area contributed by atoms with Crippen molar-refractivity contribution in [2.75, 3.05) is 0 Å². The smallest absolute Gasteiger partial charge is 0.0612 e. The zero-order valence-electron chi connectivity index (χ0n) is 9.59. The Hall–Kier alpha value is -0.850. The van der Waals surface area contributed by atoms with Crippen LogP contribution in [0.5, 0.6) is 0 Å². The minimum absolute atomic E-state index is 0.736. The second-order valence-corrected chi connectivity index (χ2v) is 4.00. The molecule has 0 spiro atoms. The molecule has 1 unspecified atom stereocenters. The third kappa shape index (κ3) is 3.13. The fourth-order valence-corrected chi connectivity index (χ4v) is 1.66. The van der Waals surface area contributed by atoms with Crippen molar-refractivity contribution in [2.24, 2.45) is 10.9 Å². The molecule has 0 heterocycles. The molecule has 78 valence electrons. The van der Waals surface area contributed by atoms with E-state index in [-0.39, 0.29) is 0 Å². The van der Waals surface area contributed by atoms with E-state index in [1.165, 1.54) is 30.5 Å². The number of hydrogen-bond acceptors (Lipinski definition) is 1. The Balaban J connectivity index is 2.58. The van der Waals surface area contributed by atoms with Crippen molar-refractivity contribution in [3.8, 4) is 0 Å². The van der Waals surface area contributed by atoms with Crippen LogP contribution in [0.2, 0.25) is 0 Å². The van der Waals surface area contributed by atoms with Crippen molar-refractivity contribution in [2.45, 2.75) is 46.5 Å². The van der Waals surface area contributed by atoms with Crippen molar-refractivity contribution in [3.05, 3.63) is 23.4 Å². The van der Waals surface area contributed by atoms with E-state index in [4.69, 9.17) is 0 Å². The highest BCUT2D eigenvalue weighted by atomic mass is 14.7. The Morgan fingerprint density at radius 3 is 2.86 bits per heavy atom. The molecule has 0 saturated carbocycles. The highest BCUT2D eigenvalue weighted by Crippen LogP contribution is 2.25. The molecule has 0 radical (unpaired) electrons. The number of nitrogens with zero attached hydrogens (tertiary/aromatic N) is 1. The molecule has 1 aliphatic carbocycles. The Kier molecular flexibility index (Phi) is 4.64. The molecule has 14 heavy (non-hydrogen) atoms. The van der Waals surface area contributed by atoms with Crippen LogP contribution in [0.1, 0.15) is 46.5 Å². The molecule has 1 rings (SSSR count). The van der Waals surface area contributed by atoms with Crippen LogP contribution in [-0.2, 0) is 0 Å². The van der Waals surface area contributed by atoms with Crippen molar-refractivity contribution in [1.82, 2.24) is 0 Å². The minimum Gasteiger partial charge on any atom is -0.261 e. The first kappa shape index (κ1) is 11.2. The van der Waals surface area contributed by atoms with Gasteiger partial charge in [-0.1, -0.05) is 26.3 Å². The maximum atomic E-state index is 4.49. The molecule has 0 aliphatic heterocycles. The van der Waals surface area contributed by atoms with E-state index < -0.39 is 0 Å². The summed E-state index contributed by atoms with van der Waals surface area (Å²) in [4.78, 5) is 4.49. The van der Waals surface area contributed by atoms with Crippen LogP contribution < -0.4 is 0 Å². The lowest BCUT2D eigenvalue weighted by atomic mass is 9.92. The maximum absolute atomic E-state index is 4.49. The number of allylic oxidation sites excluding steroid dienone is 3. The first-order valence-electron chi connectivity index (χ1n) is 5.68. The van der Waals surface area contributed by atoms with Crippen LogP contribution >= 0.6 is 0 Å². The summed E-state index contributed by atoms with van der Waals surface area (Å²) in [5.74, 6) is 0.736. The minimum atomic E-state index is 0.736. The van der Waals surface area contributed by atoms with Crippen LogP contribution in [0.15, 0.2) is 28.4 Å². The van der Waals surface area contributed by atoms with Gasteiger partial charge in [0.1, 0.15) is 0 Å². The van der Waals surface area contributed by atoms with Crippen molar-refractivity contribution < 1.29 is 0 Å². The van der Waals surface area contributed by atoms with E-state index in [1.807, 2.05) is 6.21 Å². The van der Waals surface area contributed by atoms with E-state index >= 15 is 0 Å². The number of aliphatic imine (C=N–C) groups is 1. The van der Waals surface area contributed by atoms with Crippen LogP contribution in [0, 0.1) is 5.92 Å². The maximum Gasteiger partial charge on any atom is 0.0612 e. The van der Waals surface area contributed by atoms with Gasteiger partial charge >= 0.3 is 0 Å². The van der Waals surface area contributed by atoms with Crippen molar-refractivity contribution >= 4 is 6.21 Å². The van der Waals surface area contributed by atoms with Gasteiger partial charge in [-0.15, -0.1) is 0 Å². The average molecular weight is 191 g/mol. The van der Waals surface area contributed by atoms with Gasteiger partial charge in [0.25, 0.3) is 0 Å². The largest absolute Gasteiger partial charge is 0.261 e. The predicted molar refractivity (Wildman–Crippen MR) is 63.6 cm³/mol. The van der Waals surface area contributed by atoms with Gasteiger partial charge in [-0.25, -0.2) is 0 Å². The first-order valence-corrected chi connectivity index (χ1v) is 5.68. The van der Waals surface area contributed by atoms with Gasteiger partial charge < -0.3 is 0 Å². The summed E-state index contributed by atoms with van der Waals surface area (Å²) in [7, 11) is 0.